The lowest BCUT2D eigenvalue weighted by Crippen LogP contribution is -2.56. The Bertz CT molecular complexity index is 551. The smallest absolute Gasteiger partial charge is 0.174 e. The summed E-state index contributed by atoms with van der Waals surface area (Å²) in [6, 6.07) is 0. The van der Waals surface area contributed by atoms with Crippen LogP contribution in [0.5, 0.6) is 0 Å². The third-order valence-electron chi connectivity index (χ3n) is 9.28. The fourth-order valence-electron chi connectivity index (χ4n) is 7.93. The molecule has 1 saturated heterocycles. The van der Waals surface area contributed by atoms with Crippen LogP contribution in [0.4, 0.5) is 0 Å². The van der Waals surface area contributed by atoms with E-state index in [0.717, 1.165) is 56.7 Å². The molecule has 1 heterocycles. The molecular weight excluding hydrogens is 300 g/mol. The Morgan fingerprint density at radius 3 is 2.46 bits per heavy atom. The van der Waals surface area contributed by atoms with Crippen LogP contribution in [0.25, 0.3) is 0 Å². The number of rotatable bonds is 0. The van der Waals surface area contributed by atoms with Crippen molar-refractivity contribution in [3.63, 3.8) is 0 Å². The number of hydrogen-bond acceptors (Lipinski definition) is 3. The molecule has 0 N–H and O–H groups in total. The van der Waals surface area contributed by atoms with E-state index in [1.165, 1.54) is 32.1 Å². The number of Topliss-reactive ketones (excluding diaryl/α,β-unsaturated/α-hetero) is 1. The van der Waals surface area contributed by atoms with Crippen LogP contribution in [0, 0.1) is 34.5 Å². The highest BCUT2D eigenvalue weighted by molar-refractivity contribution is 5.79. The van der Waals surface area contributed by atoms with Crippen LogP contribution in [0.2, 0.25) is 0 Å². The molecular formula is C21H32O3. The fourth-order valence-corrected chi connectivity index (χ4v) is 7.93. The van der Waals surface area contributed by atoms with Crippen LogP contribution in [0.3, 0.4) is 0 Å². The Kier molecular flexibility index (Phi) is 3.34. The molecule has 134 valence electrons. The Labute approximate surface area is 145 Å². The molecule has 5 rings (SSSR count). The normalized spacial score (nSPS) is 52.8. The maximum Gasteiger partial charge on any atom is 0.174 e. The van der Waals surface area contributed by atoms with E-state index in [1.807, 2.05) is 0 Å². The highest BCUT2D eigenvalue weighted by Gasteiger charge is 2.67. The van der Waals surface area contributed by atoms with Gasteiger partial charge in [-0.2, -0.15) is 0 Å². The van der Waals surface area contributed by atoms with E-state index in [0.29, 0.717) is 17.1 Å². The van der Waals surface area contributed by atoms with E-state index in [2.05, 4.69) is 13.8 Å². The van der Waals surface area contributed by atoms with E-state index in [-0.39, 0.29) is 11.2 Å². The van der Waals surface area contributed by atoms with Crippen LogP contribution < -0.4 is 0 Å². The summed E-state index contributed by atoms with van der Waals surface area (Å²) in [7, 11) is 0. The maximum atomic E-state index is 12.0. The first-order chi connectivity index (χ1) is 11.5. The Morgan fingerprint density at radius 1 is 0.917 bits per heavy atom. The zero-order valence-electron chi connectivity index (χ0n) is 15.3. The molecule has 0 bridgehead atoms. The first-order valence-corrected chi connectivity index (χ1v) is 10.3. The quantitative estimate of drug-likeness (QED) is 0.662. The molecule has 5 aliphatic rings. The summed E-state index contributed by atoms with van der Waals surface area (Å²) in [5, 5.41) is 0. The van der Waals surface area contributed by atoms with Crippen molar-refractivity contribution in [1.82, 2.24) is 0 Å². The number of ether oxygens (including phenoxy) is 2. The van der Waals surface area contributed by atoms with E-state index in [1.54, 1.807) is 0 Å². The monoisotopic (exact) mass is 332 g/mol. The predicted molar refractivity (Wildman–Crippen MR) is 91.4 cm³/mol. The highest BCUT2D eigenvalue weighted by atomic mass is 16.7. The van der Waals surface area contributed by atoms with Gasteiger partial charge in [0.1, 0.15) is 5.78 Å². The molecule has 1 spiro atoms. The molecule has 1 aliphatic heterocycles. The molecule has 3 heteroatoms. The SMILES string of the molecule is C[C@]12CCC(=O)C[C@@H]1CC[C@H]1[C@H]2CC[C@]2(C)[C@@H]1CCC21OCCO1. The minimum absolute atomic E-state index is 0.207. The van der Waals surface area contributed by atoms with Crippen molar-refractivity contribution in [1.29, 1.82) is 0 Å². The summed E-state index contributed by atoms with van der Waals surface area (Å²) in [5.74, 6) is 3.29. The van der Waals surface area contributed by atoms with Crippen LogP contribution in [-0.2, 0) is 14.3 Å². The van der Waals surface area contributed by atoms with Crippen LogP contribution >= 0.6 is 0 Å². The van der Waals surface area contributed by atoms with Gasteiger partial charge in [0, 0.05) is 24.7 Å². The summed E-state index contributed by atoms with van der Waals surface area (Å²) in [6.07, 6.45) is 10.3. The minimum atomic E-state index is -0.275. The summed E-state index contributed by atoms with van der Waals surface area (Å²) in [5.41, 5.74) is 0.615. The van der Waals surface area contributed by atoms with E-state index in [9.17, 15) is 4.79 Å². The summed E-state index contributed by atoms with van der Waals surface area (Å²) < 4.78 is 12.5. The first-order valence-electron chi connectivity index (χ1n) is 10.3. The van der Waals surface area contributed by atoms with Gasteiger partial charge in [-0.15, -0.1) is 0 Å². The molecule has 24 heavy (non-hydrogen) atoms. The van der Waals surface area contributed by atoms with Gasteiger partial charge in [0.2, 0.25) is 0 Å². The summed E-state index contributed by atoms with van der Waals surface area (Å²) in [6.45, 7) is 6.54. The Balaban J connectivity index is 1.46. The number of ketones is 1. The van der Waals surface area contributed by atoms with Crippen molar-refractivity contribution in [3.8, 4) is 0 Å². The van der Waals surface area contributed by atoms with Crippen molar-refractivity contribution in [3.05, 3.63) is 0 Å². The average Bonchev–Trinajstić information content (AvgIpc) is 3.15. The molecule has 0 aromatic heterocycles. The third-order valence-corrected chi connectivity index (χ3v) is 9.28. The van der Waals surface area contributed by atoms with Gasteiger partial charge in [-0.05, 0) is 67.6 Å². The molecule has 0 aromatic rings. The maximum absolute atomic E-state index is 12.0. The fraction of sp³-hybridized carbons (Fsp3) is 0.952. The van der Waals surface area contributed by atoms with Crippen molar-refractivity contribution in [2.45, 2.75) is 77.4 Å². The zero-order chi connectivity index (χ0) is 16.6. The van der Waals surface area contributed by atoms with Gasteiger partial charge in [0.15, 0.2) is 5.79 Å². The predicted octanol–water partition coefficient (Wildman–Crippen LogP) is 4.34. The van der Waals surface area contributed by atoms with Crippen LogP contribution in [0.1, 0.15) is 71.6 Å². The van der Waals surface area contributed by atoms with Gasteiger partial charge in [-0.1, -0.05) is 13.8 Å². The summed E-state index contributed by atoms with van der Waals surface area (Å²) >= 11 is 0. The average molecular weight is 332 g/mol. The largest absolute Gasteiger partial charge is 0.347 e. The molecule has 6 atom stereocenters. The van der Waals surface area contributed by atoms with Crippen LogP contribution in [0.15, 0.2) is 0 Å². The topological polar surface area (TPSA) is 35.5 Å². The molecule has 4 saturated carbocycles. The molecule has 0 aromatic carbocycles. The molecule has 3 nitrogen and oxygen atoms in total. The molecule has 0 unspecified atom stereocenters. The molecule has 5 fully saturated rings. The van der Waals surface area contributed by atoms with Gasteiger partial charge in [-0.3, -0.25) is 4.79 Å². The summed E-state index contributed by atoms with van der Waals surface area (Å²) in [4.78, 5) is 12.0. The van der Waals surface area contributed by atoms with Gasteiger partial charge in [0.05, 0.1) is 13.2 Å². The number of fused-ring (bicyclic) bond motifs is 6. The van der Waals surface area contributed by atoms with Gasteiger partial charge in [-0.25, -0.2) is 0 Å². The minimum Gasteiger partial charge on any atom is -0.347 e. The third kappa shape index (κ3) is 1.84. The molecule has 0 radical (unpaired) electrons. The standard InChI is InChI=1S/C21H32O3/c1-19-8-5-15(22)13-14(19)3-4-16-17(19)6-9-20(2)18(16)7-10-21(20)23-11-12-24-21/h14,16-18H,3-13H2,1-2H3/t14-,16-,17+,18+,19-,20+/m0/s1. The number of hydrogen-bond donors (Lipinski definition) is 0. The van der Waals surface area contributed by atoms with E-state index >= 15 is 0 Å². The Hall–Kier alpha value is -0.410. The molecule has 0 amide bonds. The second-order valence-electron chi connectivity index (χ2n) is 9.84. The van der Waals surface area contributed by atoms with Gasteiger partial charge >= 0.3 is 0 Å². The lowest BCUT2D eigenvalue weighted by Gasteiger charge is -2.60. The second kappa shape index (κ2) is 5.07. The van der Waals surface area contributed by atoms with Gasteiger partial charge < -0.3 is 9.47 Å². The number of carbonyl (C=O) groups excluding carboxylic acids is 1. The van der Waals surface area contributed by atoms with Gasteiger partial charge in [0.25, 0.3) is 0 Å². The van der Waals surface area contributed by atoms with E-state index < -0.39 is 0 Å². The first kappa shape index (κ1) is 15.8. The lowest BCUT2D eigenvalue weighted by molar-refractivity contribution is -0.246. The molecule has 4 aliphatic carbocycles. The van der Waals surface area contributed by atoms with Crippen molar-refractivity contribution in [2.24, 2.45) is 34.5 Å². The highest BCUT2D eigenvalue weighted by Crippen LogP contribution is 2.69. The van der Waals surface area contributed by atoms with Crippen molar-refractivity contribution < 1.29 is 14.3 Å². The zero-order valence-corrected chi connectivity index (χ0v) is 15.3. The van der Waals surface area contributed by atoms with Crippen molar-refractivity contribution in [2.75, 3.05) is 13.2 Å². The lowest BCUT2D eigenvalue weighted by atomic mass is 9.45. The number of carbonyl (C=O) groups is 1. The Morgan fingerprint density at radius 2 is 1.67 bits per heavy atom. The second-order valence-corrected chi connectivity index (χ2v) is 9.84. The van der Waals surface area contributed by atoms with Crippen LogP contribution in [-0.4, -0.2) is 24.8 Å². The van der Waals surface area contributed by atoms with E-state index in [4.69, 9.17) is 9.47 Å². The van der Waals surface area contributed by atoms with Crippen molar-refractivity contribution >= 4 is 5.78 Å².